The van der Waals surface area contributed by atoms with Crippen LogP contribution in [0.1, 0.15) is 43.9 Å². The van der Waals surface area contributed by atoms with E-state index < -0.39 is 0 Å². The average Bonchev–Trinajstić information content (AvgIpc) is 2.75. The summed E-state index contributed by atoms with van der Waals surface area (Å²) in [6.45, 7) is 5.35. The Morgan fingerprint density at radius 3 is 2.74 bits per heavy atom. The SMILES string of the molecule is CCCC(CCN)CCCN(C)Cc1cc(Br)cs1. The summed E-state index contributed by atoms with van der Waals surface area (Å²) in [7, 11) is 2.21. The van der Waals surface area contributed by atoms with Crippen molar-refractivity contribution < 1.29 is 0 Å². The highest BCUT2D eigenvalue weighted by atomic mass is 79.9. The molecular formula is C15H27BrN2S. The quantitative estimate of drug-likeness (QED) is 0.676. The van der Waals surface area contributed by atoms with Crippen molar-refractivity contribution in [2.75, 3.05) is 20.1 Å². The summed E-state index contributed by atoms with van der Waals surface area (Å²) in [5.74, 6) is 0.833. The van der Waals surface area contributed by atoms with Crippen LogP contribution < -0.4 is 5.73 Å². The molecule has 0 saturated carbocycles. The summed E-state index contributed by atoms with van der Waals surface area (Å²) >= 11 is 5.34. The second kappa shape index (κ2) is 9.92. The van der Waals surface area contributed by atoms with Gasteiger partial charge >= 0.3 is 0 Å². The molecule has 4 heteroatoms. The molecule has 0 aliphatic rings. The van der Waals surface area contributed by atoms with Gasteiger partial charge in [0.2, 0.25) is 0 Å². The zero-order valence-corrected chi connectivity index (χ0v) is 14.6. The molecule has 0 aromatic carbocycles. The second-order valence-corrected chi connectivity index (χ2v) is 7.25. The Morgan fingerprint density at radius 2 is 2.16 bits per heavy atom. The summed E-state index contributed by atoms with van der Waals surface area (Å²) < 4.78 is 1.20. The van der Waals surface area contributed by atoms with Crippen molar-refractivity contribution in [3.63, 3.8) is 0 Å². The third kappa shape index (κ3) is 7.45. The number of hydrogen-bond acceptors (Lipinski definition) is 3. The predicted octanol–water partition coefficient (Wildman–Crippen LogP) is 4.49. The third-order valence-corrected chi connectivity index (χ3v) is 5.15. The van der Waals surface area contributed by atoms with Crippen molar-refractivity contribution >= 4 is 27.3 Å². The van der Waals surface area contributed by atoms with Crippen LogP contribution in [-0.4, -0.2) is 25.0 Å². The summed E-state index contributed by atoms with van der Waals surface area (Å²) in [6, 6.07) is 2.22. The number of hydrogen-bond donors (Lipinski definition) is 1. The Hall–Kier alpha value is 0.1000. The van der Waals surface area contributed by atoms with Gasteiger partial charge in [-0.05, 0) is 67.3 Å². The fourth-order valence-corrected chi connectivity index (χ4v) is 4.04. The van der Waals surface area contributed by atoms with Crippen LogP contribution >= 0.6 is 27.3 Å². The van der Waals surface area contributed by atoms with Gasteiger partial charge in [0.25, 0.3) is 0 Å². The Labute approximate surface area is 130 Å². The Bertz CT molecular complexity index is 335. The Balaban J connectivity index is 2.20. The van der Waals surface area contributed by atoms with Crippen molar-refractivity contribution in [2.45, 2.75) is 45.6 Å². The van der Waals surface area contributed by atoms with Gasteiger partial charge < -0.3 is 10.6 Å². The fraction of sp³-hybridized carbons (Fsp3) is 0.733. The zero-order valence-electron chi connectivity index (χ0n) is 12.2. The summed E-state index contributed by atoms with van der Waals surface area (Å²) in [5, 5.41) is 2.15. The maximum absolute atomic E-state index is 5.68. The van der Waals surface area contributed by atoms with Crippen molar-refractivity contribution in [3.05, 3.63) is 20.8 Å². The van der Waals surface area contributed by atoms with Crippen LogP contribution in [0.4, 0.5) is 0 Å². The first kappa shape index (κ1) is 17.2. The highest BCUT2D eigenvalue weighted by molar-refractivity contribution is 9.10. The van der Waals surface area contributed by atoms with E-state index in [0.717, 1.165) is 19.0 Å². The average molecular weight is 347 g/mol. The van der Waals surface area contributed by atoms with Crippen molar-refractivity contribution in [1.82, 2.24) is 4.90 Å². The molecule has 0 amide bonds. The molecule has 1 unspecified atom stereocenters. The van der Waals surface area contributed by atoms with E-state index in [1.54, 1.807) is 0 Å². The lowest BCUT2D eigenvalue weighted by Crippen LogP contribution is -2.19. The third-order valence-electron chi connectivity index (χ3n) is 3.47. The second-order valence-electron chi connectivity index (χ2n) is 5.34. The number of halogens is 1. The molecule has 0 aliphatic carbocycles. The van der Waals surface area contributed by atoms with E-state index in [2.05, 4.69) is 46.2 Å². The molecule has 1 heterocycles. The first-order valence-electron chi connectivity index (χ1n) is 7.27. The first-order chi connectivity index (χ1) is 9.15. The number of nitrogens with two attached hydrogens (primary N) is 1. The van der Waals surface area contributed by atoms with Gasteiger partial charge in [-0.25, -0.2) is 0 Å². The normalized spacial score (nSPS) is 13.1. The zero-order chi connectivity index (χ0) is 14.1. The molecule has 0 spiro atoms. The van der Waals surface area contributed by atoms with Gasteiger partial charge in [-0.3, -0.25) is 0 Å². The molecule has 1 atom stereocenters. The van der Waals surface area contributed by atoms with Crippen LogP contribution in [0.15, 0.2) is 15.9 Å². The maximum Gasteiger partial charge on any atom is 0.0325 e. The van der Waals surface area contributed by atoms with E-state index in [9.17, 15) is 0 Å². The molecule has 0 aliphatic heterocycles. The molecule has 1 aromatic heterocycles. The molecule has 0 saturated heterocycles. The van der Waals surface area contributed by atoms with Gasteiger partial charge in [0.15, 0.2) is 0 Å². The molecule has 19 heavy (non-hydrogen) atoms. The van der Waals surface area contributed by atoms with Crippen LogP contribution in [0.5, 0.6) is 0 Å². The first-order valence-corrected chi connectivity index (χ1v) is 8.94. The number of rotatable bonds is 10. The monoisotopic (exact) mass is 346 g/mol. The van der Waals surface area contributed by atoms with Gasteiger partial charge in [0.05, 0.1) is 0 Å². The summed E-state index contributed by atoms with van der Waals surface area (Å²) in [6.07, 6.45) is 6.41. The summed E-state index contributed by atoms with van der Waals surface area (Å²) in [5.41, 5.74) is 5.68. The lowest BCUT2D eigenvalue weighted by atomic mass is 9.94. The van der Waals surface area contributed by atoms with Crippen molar-refractivity contribution in [2.24, 2.45) is 11.7 Å². The lowest BCUT2D eigenvalue weighted by Gasteiger charge is -2.19. The minimum atomic E-state index is 0.833. The maximum atomic E-state index is 5.68. The Morgan fingerprint density at radius 1 is 1.37 bits per heavy atom. The fourth-order valence-electron chi connectivity index (χ4n) is 2.51. The highest BCUT2D eigenvalue weighted by Gasteiger charge is 2.08. The predicted molar refractivity (Wildman–Crippen MR) is 89.7 cm³/mol. The van der Waals surface area contributed by atoms with Crippen LogP contribution in [0.25, 0.3) is 0 Å². The van der Waals surface area contributed by atoms with Crippen molar-refractivity contribution in [3.8, 4) is 0 Å². The minimum absolute atomic E-state index is 0.833. The van der Waals surface area contributed by atoms with Gasteiger partial charge in [0, 0.05) is 21.3 Å². The minimum Gasteiger partial charge on any atom is -0.330 e. The summed E-state index contributed by atoms with van der Waals surface area (Å²) in [4.78, 5) is 3.85. The molecule has 0 fully saturated rings. The largest absolute Gasteiger partial charge is 0.330 e. The van der Waals surface area contributed by atoms with Gasteiger partial charge in [0.1, 0.15) is 0 Å². The number of nitrogens with zero attached hydrogens (tertiary/aromatic N) is 1. The topological polar surface area (TPSA) is 29.3 Å². The van der Waals surface area contributed by atoms with Crippen LogP contribution in [0.3, 0.4) is 0 Å². The van der Waals surface area contributed by atoms with E-state index in [0.29, 0.717) is 0 Å². The molecule has 0 radical (unpaired) electrons. The van der Waals surface area contributed by atoms with E-state index >= 15 is 0 Å². The van der Waals surface area contributed by atoms with Crippen molar-refractivity contribution in [1.29, 1.82) is 0 Å². The van der Waals surface area contributed by atoms with E-state index in [1.807, 2.05) is 11.3 Å². The molecule has 1 rings (SSSR count). The molecule has 2 N–H and O–H groups in total. The van der Waals surface area contributed by atoms with E-state index in [4.69, 9.17) is 5.73 Å². The lowest BCUT2D eigenvalue weighted by molar-refractivity contribution is 0.300. The molecule has 1 aromatic rings. The highest BCUT2D eigenvalue weighted by Crippen LogP contribution is 2.21. The van der Waals surface area contributed by atoms with Gasteiger partial charge in [-0.2, -0.15) is 0 Å². The number of thiophene rings is 1. The smallest absolute Gasteiger partial charge is 0.0325 e. The molecular weight excluding hydrogens is 320 g/mol. The van der Waals surface area contributed by atoms with E-state index in [1.165, 1.54) is 48.0 Å². The van der Waals surface area contributed by atoms with Crippen LogP contribution in [0, 0.1) is 5.92 Å². The van der Waals surface area contributed by atoms with Gasteiger partial charge in [-0.1, -0.05) is 19.8 Å². The molecule has 2 nitrogen and oxygen atoms in total. The van der Waals surface area contributed by atoms with Crippen LogP contribution in [-0.2, 0) is 6.54 Å². The Kier molecular flexibility index (Phi) is 8.95. The van der Waals surface area contributed by atoms with Gasteiger partial charge in [-0.15, -0.1) is 11.3 Å². The van der Waals surface area contributed by atoms with Crippen LogP contribution in [0.2, 0.25) is 0 Å². The molecule has 110 valence electrons. The van der Waals surface area contributed by atoms with E-state index in [-0.39, 0.29) is 0 Å². The standard InChI is InChI=1S/C15H27BrN2S/c1-3-5-13(7-8-17)6-4-9-18(2)11-15-10-14(16)12-19-15/h10,12-13H,3-9,11,17H2,1-2H3. The molecule has 0 bridgehead atoms.